The normalized spacial score (nSPS) is 14.8. The average Bonchev–Trinajstić information content (AvgIpc) is 2.96. The Morgan fingerprint density at radius 1 is 1.47 bits per heavy atom. The van der Waals surface area contributed by atoms with Crippen molar-refractivity contribution in [2.75, 3.05) is 18.4 Å². The SMILES string of the molecule is Cc1cc(NC2=NCCN2)c(Br)c2nc[nH]c12. The molecule has 1 aromatic heterocycles. The van der Waals surface area contributed by atoms with E-state index in [0.717, 1.165) is 45.8 Å². The zero-order valence-corrected chi connectivity index (χ0v) is 10.9. The van der Waals surface area contributed by atoms with E-state index in [4.69, 9.17) is 0 Å². The third kappa shape index (κ3) is 1.78. The molecule has 1 aliphatic rings. The molecule has 2 aromatic rings. The highest BCUT2D eigenvalue weighted by atomic mass is 79.9. The van der Waals surface area contributed by atoms with E-state index in [9.17, 15) is 0 Å². The molecule has 6 heteroatoms. The summed E-state index contributed by atoms with van der Waals surface area (Å²) in [5, 5.41) is 6.45. The van der Waals surface area contributed by atoms with E-state index >= 15 is 0 Å². The maximum absolute atomic E-state index is 4.31. The largest absolute Gasteiger partial charge is 0.354 e. The number of guanidine groups is 1. The maximum atomic E-state index is 4.31. The molecule has 0 radical (unpaired) electrons. The molecule has 0 atom stereocenters. The van der Waals surface area contributed by atoms with E-state index in [2.05, 4.69) is 54.5 Å². The fourth-order valence-corrected chi connectivity index (χ4v) is 2.46. The van der Waals surface area contributed by atoms with E-state index < -0.39 is 0 Å². The summed E-state index contributed by atoms with van der Waals surface area (Å²) in [4.78, 5) is 11.8. The fraction of sp³-hybridized carbons (Fsp3) is 0.273. The number of hydrogen-bond acceptors (Lipinski definition) is 4. The summed E-state index contributed by atoms with van der Waals surface area (Å²) in [6, 6.07) is 2.08. The first kappa shape index (κ1) is 10.6. The second-order valence-corrected chi connectivity index (χ2v) is 4.76. The molecular formula is C11H12BrN5. The summed E-state index contributed by atoms with van der Waals surface area (Å²) in [7, 11) is 0. The molecule has 0 saturated carbocycles. The Kier molecular flexibility index (Phi) is 2.51. The monoisotopic (exact) mass is 293 g/mol. The third-order valence-electron chi connectivity index (χ3n) is 2.77. The molecule has 0 unspecified atom stereocenters. The molecule has 1 aliphatic heterocycles. The summed E-state index contributed by atoms with van der Waals surface area (Å²) in [6.45, 7) is 3.77. The van der Waals surface area contributed by atoms with E-state index in [0.29, 0.717) is 0 Å². The number of aliphatic imine (C=N–C) groups is 1. The number of anilines is 1. The number of aromatic amines is 1. The van der Waals surface area contributed by atoms with E-state index in [-0.39, 0.29) is 0 Å². The molecule has 17 heavy (non-hydrogen) atoms. The highest BCUT2D eigenvalue weighted by molar-refractivity contribution is 9.10. The number of aryl methyl sites for hydroxylation is 1. The molecule has 2 heterocycles. The van der Waals surface area contributed by atoms with Crippen LogP contribution in [0.2, 0.25) is 0 Å². The minimum Gasteiger partial charge on any atom is -0.354 e. The second kappa shape index (κ2) is 4.03. The van der Waals surface area contributed by atoms with Crippen molar-refractivity contribution in [1.29, 1.82) is 0 Å². The van der Waals surface area contributed by atoms with Crippen LogP contribution in [-0.4, -0.2) is 29.0 Å². The lowest BCUT2D eigenvalue weighted by atomic mass is 10.2. The molecule has 5 nitrogen and oxygen atoms in total. The van der Waals surface area contributed by atoms with Gasteiger partial charge in [-0.1, -0.05) is 0 Å². The van der Waals surface area contributed by atoms with Crippen LogP contribution in [0, 0.1) is 6.92 Å². The topological polar surface area (TPSA) is 65.1 Å². The number of aromatic nitrogens is 2. The number of halogens is 1. The first-order valence-electron chi connectivity index (χ1n) is 5.43. The molecule has 3 N–H and O–H groups in total. The smallest absolute Gasteiger partial charge is 0.195 e. The van der Waals surface area contributed by atoms with E-state index in [1.807, 2.05) is 0 Å². The highest BCUT2D eigenvalue weighted by Crippen LogP contribution is 2.31. The van der Waals surface area contributed by atoms with Crippen molar-refractivity contribution in [2.45, 2.75) is 6.92 Å². The molecule has 0 aliphatic carbocycles. The lowest BCUT2D eigenvalue weighted by Crippen LogP contribution is -2.26. The van der Waals surface area contributed by atoms with E-state index in [1.54, 1.807) is 6.33 Å². The molecule has 0 saturated heterocycles. The van der Waals surface area contributed by atoms with Crippen LogP contribution < -0.4 is 10.6 Å². The van der Waals surface area contributed by atoms with Gasteiger partial charge in [0.1, 0.15) is 5.52 Å². The summed E-state index contributed by atoms with van der Waals surface area (Å²) in [6.07, 6.45) is 1.71. The maximum Gasteiger partial charge on any atom is 0.195 e. The standard InChI is InChI=1S/C11H12BrN5/c1-6-4-7(17-11-13-2-3-14-11)8(12)10-9(6)15-5-16-10/h4-5H,2-3H2,1H3,(H,15,16)(H2,13,14,17). The Bertz CT molecular complexity index is 601. The molecule has 88 valence electrons. The predicted octanol–water partition coefficient (Wildman–Crippen LogP) is 2.00. The first-order valence-corrected chi connectivity index (χ1v) is 6.22. The van der Waals surface area contributed by atoms with Crippen LogP contribution in [-0.2, 0) is 0 Å². The minimum atomic E-state index is 0.819. The van der Waals surface area contributed by atoms with Gasteiger partial charge in [-0.25, -0.2) is 4.98 Å². The van der Waals surface area contributed by atoms with Crippen LogP contribution in [0.25, 0.3) is 11.0 Å². The Morgan fingerprint density at radius 3 is 3.12 bits per heavy atom. The number of benzene rings is 1. The van der Waals surface area contributed by atoms with E-state index in [1.165, 1.54) is 0 Å². The van der Waals surface area contributed by atoms with Gasteiger partial charge < -0.3 is 15.6 Å². The third-order valence-corrected chi connectivity index (χ3v) is 3.57. The lowest BCUT2D eigenvalue weighted by Gasteiger charge is -2.10. The number of nitrogens with zero attached hydrogens (tertiary/aromatic N) is 2. The average molecular weight is 294 g/mol. The van der Waals surface area contributed by atoms with Crippen molar-refractivity contribution >= 4 is 38.6 Å². The van der Waals surface area contributed by atoms with Gasteiger partial charge in [-0.05, 0) is 34.5 Å². The molecule has 0 fully saturated rings. The molecule has 0 spiro atoms. The lowest BCUT2D eigenvalue weighted by molar-refractivity contribution is 0.959. The van der Waals surface area contributed by atoms with Gasteiger partial charge in [0.25, 0.3) is 0 Å². The molecule has 0 bridgehead atoms. The van der Waals surface area contributed by atoms with Crippen LogP contribution in [0.3, 0.4) is 0 Å². The Balaban J connectivity index is 2.06. The predicted molar refractivity (Wildman–Crippen MR) is 72.5 cm³/mol. The van der Waals surface area contributed by atoms with Gasteiger partial charge in [0.2, 0.25) is 0 Å². The Morgan fingerprint density at radius 2 is 2.35 bits per heavy atom. The molecule has 3 rings (SSSR count). The van der Waals surface area contributed by atoms with Crippen LogP contribution in [0.5, 0.6) is 0 Å². The summed E-state index contributed by atoms with van der Waals surface area (Å²) < 4.78 is 0.954. The van der Waals surface area contributed by atoms with Gasteiger partial charge in [0.15, 0.2) is 5.96 Å². The summed E-state index contributed by atoms with van der Waals surface area (Å²) >= 11 is 3.57. The van der Waals surface area contributed by atoms with Crippen molar-refractivity contribution in [1.82, 2.24) is 15.3 Å². The van der Waals surface area contributed by atoms with Crippen molar-refractivity contribution in [3.63, 3.8) is 0 Å². The van der Waals surface area contributed by atoms with Crippen molar-refractivity contribution < 1.29 is 0 Å². The van der Waals surface area contributed by atoms with Crippen LogP contribution in [0.15, 0.2) is 21.9 Å². The van der Waals surface area contributed by atoms with Crippen molar-refractivity contribution in [2.24, 2.45) is 4.99 Å². The number of rotatable bonds is 1. The van der Waals surface area contributed by atoms with Crippen LogP contribution in [0.1, 0.15) is 5.56 Å². The van der Waals surface area contributed by atoms with Gasteiger partial charge in [-0.15, -0.1) is 0 Å². The van der Waals surface area contributed by atoms with Crippen molar-refractivity contribution in [3.05, 3.63) is 22.4 Å². The van der Waals surface area contributed by atoms with Gasteiger partial charge in [-0.3, -0.25) is 4.99 Å². The number of fused-ring (bicyclic) bond motifs is 1. The van der Waals surface area contributed by atoms with Crippen molar-refractivity contribution in [3.8, 4) is 0 Å². The minimum absolute atomic E-state index is 0.819. The van der Waals surface area contributed by atoms with Gasteiger partial charge in [0, 0.05) is 6.54 Å². The van der Waals surface area contributed by atoms with Gasteiger partial charge in [0.05, 0.1) is 28.5 Å². The number of nitrogens with one attached hydrogen (secondary N) is 3. The quantitative estimate of drug-likeness (QED) is 0.754. The Hall–Kier alpha value is -1.56. The van der Waals surface area contributed by atoms with Gasteiger partial charge >= 0.3 is 0 Å². The molecule has 0 amide bonds. The molecular weight excluding hydrogens is 282 g/mol. The number of H-pyrrole nitrogens is 1. The number of imidazole rings is 1. The van der Waals surface area contributed by atoms with Crippen LogP contribution >= 0.6 is 15.9 Å². The second-order valence-electron chi connectivity index (χ2n) is 3.96. The fourth-order valence-electron chi connectivity index (χ4n) is 1.94. The summed E-state index contributed by atoms with van der Waals surface area (Å²) in [5.74, 6) is 0.819. The zero-order chi connectivity index (χ0) is 11.8. The molecule has 1 aromatic carbocycles. The highest BCUT2D eigenvalue weighted by Gasteiger charge is 2.12. The zero-order valence-electron chi connectivity index (χ0n) is 9.34. The summed E-state index contributed by atoms with van der Waals surface area (Å²) in [5.41, 5.74) is 4.13. The Labute approximate surface area is 107 Å². The van der Waals surface area contributed by atoms with Gasteiger partial charge in [-0.2, -0.15) is 0 Å². The first-order chi connectivity index (χ1) is 8.25. The van der Waals surface area contributed by atoms with Crippen LogP contribution in [0.4, 0.5) is 5.69 Å². The number of hydrogen-bond donors (Lipinski definition) is 3.